The number of benzene rings is 1. The Morgan fingerprint density at radius 2 is 1.67 bits per heavy atom. The van der Waals surface area contributed by atoms with E-state index in [-0.39, 0.29) is 35.0 Å². The van der Waals surface area contributed by atoms with Crippen molar-refractivity contribution in [2.45, 2.75) is 62.9 Å². The fraction of sp³-hybridized carbons (Fsp3) is 0.552. The van der Waals surface area contributed by atoms with Gasteiger partial charge in [-0.05, 0) is 30.5 Å². The van der Waals surface area contributed by atoms with E-state index in [0.717, 1.165) is 74.8 Å². The molecule has 1 aliphatic carbocycles. The SMILES string of the molecule is O=C(NCC[N+]12CCC(CC1)C(OC(=O)C1(c3ccccc3)CCCCCC1)C2)c1ccccn1.[Br-]. The second-order valence-corrected chi connectivity index (χ2v) is 10.8. The molecule has 1 saturated carbocycles. The van der Waals surface area contributed by atoms with Gasteiger partial charge in [0.05, 0.1) is 31.6 Å². The number of nitrogens with one attached hydrogen (secondary N) is 1. The maximum Gasteiger partial charge on any atom is 0.317 e. The van der Waals surface area contributed by atoms with Gasteiger partial charge in [0.2, 0.25) is 0 Å². The molecule has 1 aromatic heterocycles. The van der Waals surface area contributed by atoms with Crippen molar-refractivity contribution < 1.29 is 35.8 Å². The first-order valence-electron chi connectivity index (χ1n) is 13.4. The number of halogens is 1. The van der Waals surface area contributed by atoms with Gasteiger partial charge in [0.15, 0.2) is 6.10 Å². The summed E-state index contributed by atoms with van der Waals surface area (Å²) in [5.74, 6) is 0.323. The maximum absolute atomic E-state index is 13.9. The van der Waals surface area contributed by atoms with Gasteiger partial charge in [-0.2, -0.15) is 0 Å². The largest absolute Gasteiger partial charge is 1.00 e. The maximum atomic E-state index is 13.9. The molecule has 1 atom stereocenters. The van der Waals surface area contributed by atoms with Crippen LogP contribution in [0.5, 0.6) is 0 Å². The van der Waals surface area contributed by atoms with Crippen LogP contribution in [0.2, 0.25) is 0 Å². The molecule has 0 radical (unpaired) electrons. The fourth-order valence-corrected chi connectivity index (χ4v) is 6.61. The Morgan fingerprint density at radius 1 is 0.972 bits per heavy atom. The van der Waals surface area contributed by atoms with Crippen molar-refractivity contribution in [1.29, 1.82) is 0 Å². The Morgan fingerprint density at radius 3 is 2.33 bits per heavy atom. The third-order valence-electron chi connectivity index (χ3n) is 8.74. The molecule has 194 valence electrons. The summed E-state index contributed by atoms with van der Waals surface area (Å²) in [6.45, 7) is 4.53. The van der Waals surface area contributed by atoms with Crippen molar-refractivity contribution in [1.82, 2.24) is 10.3 Å². The van der Waals surface area contributed by atoms with Crippen LogP contribution in [0.15, 0.2) is 54.7 Å². The van der Waals surface area contributed by atoms with E-state index in [9.17, 15) is 9.59 Å². The summed E-state index contributed by atoms with van der Waals surface area (Å²) in [5.41, 5.74) is 1.06. The van der Waals surface area contributed by atoms with E-state index < -0.39 is 5.41 Å². The van der Waals surface area contributed by atoms with Gasteiger partial charge in [-0.15, -0.1) is 0 Å². The third kappa shape index (κ3) is 5.67. The molecule has 36 heavy (non-hydrogen) atoms. The molecule has 7 heteroatoms. The van der Waals surface area contributed by atoms with Gasteiger partial charge in [0, 0.05) is 25.0 Å². The van der Waals surface area contributed by atoms with Crippen LogP contribution >= 0.6 is 0 Å². The van der Waals surface area contributed by atoms with E-state index in [1.54, 1.807) is 12.3 Å². The predicted octanol–water partition coefficient (Wildman–Crippen LogP) is 1.26. The number of ether oxygens (including phenoxy) is 1. The molecule has 3 saturated heterocycles. The van der Waals surface area contributed by atoms with Crippen molar-refractivity contribution in [3.8, 4) is 0 Å². The zero-order chi connectivity index (χ0) is 24.1. The van der Waals surface area contributed by atoms with Crippen molar-refractivity contribution in [3.63, 3.8) is 0 Å². The highest BCUT2D eigenvalue weighted by atomic mass is 79.9. The number of aromatic nitrogens is 1. The minimum Gasteiger partial charge on any atom is -1.00 e. The van der Waals surface area contributed by atoms with Crippen LogP contribution in [0.1, 0.15) is 67.4 Å². The standard InChI is InChI=1S/C29H37N3O3.BrH/c33-27(25-12-6-9-17-30-25)31-18-21-32-19-13-23(14-20-32)26(22-32)35-28(34)29(15-7-1-2-8-16-29)24-10-4-3-5-11-24;/h3-6,9-12,17,23,26H,1-2,7-8,13-16,18-22H2;1H. The highest BCUT2D eigenvalue weighted by Crippen LogP contribution is 2.42. The number of nitrogens with zero attached hydrogens (tertiary/aromatic N) is 2. The number of hydrogen-bond donors (Lipinski definition) is 1. The summed E-state index contributed by atoms with van der Waals surface area (Å²) < 4.78 is 7.37. The molecule has 4 heterocycles. The monoisotopic (exact) mass is 555 g/mol. The number of amides is 1. The topological polar surface area (TPSA) is 68.3 Å². The molecular formula is C29H38BrN3O3. The number of carbonyl (C=O) groups excluding carboxylic acids is 2. The Kier molecular flexibility index (Phi) is 8.83. The van der Waals surface area contributed by atoms with Crippen LogP contribution in [0.4, 0.5) is 0 Å². The Balaban J connectivity index is 0.00000304. The summed E-state index contributed by atoms with van der Waals surface area (Å²) in [7, 11) is 0. The van der Waals surface area contributed by atoms with Crippen molar-refractivity contribution >= 4 is 11.9 Å². The highest BCUT2D eigenvalue weighted by Gasteiger charge is 2.50. The van der Waals surface area contributed by atoms with Crippen LogP contribution in [-0.2, 0) is 14.9 Å². The molecule has 0 spiro atoms. The molecule has 1 N–H and O–H groups in total. The van der Waals surface area contributed by atoms with Gasteiger partial charge in [-0.3, -0.25) is 14.6 Å². The molecule has 4 fully saturated rings. The number of carbonyl (C=O) groups is 2. The lowest BCUT2D eigenvalue weighted by molar-refractivity contribution is -0.945. The summed E-state index contributed by atoms with van der Waals surface area (Å²) in [6.07, 6.45) is 10.1. The van der Waals surface area contributed by atoms with Gasteiger partial charge in [0.25, 0.3) is 5.91 Å². The lowest BCUT2D eigenvalue weighted by Crippen LogP contribution is -3.00. The average molecular weight is 557 g/mol. The number of esters is 1. The third-order valence-corrected chi connectivity index (χ3v) is 8.74. The van der Waals surface area contributed by atoms with Gasteiger partial charge in [-0.1, -0.05) is 62.1 Å². The molecule has 1 aromatic carbocycles. The van der Waals surface area contributed by atoms with Crippen molar-refractivity contribution in [2.75, 3.05) is 32.7 Å². The minimum absolute atomic E-state index is 0. The quantitative estimate of drug-likeness (QED) is 0.317. The van der Waals surface area contributed by atoms with Crippen LogP contribution < -0.4 is 22.3 Å². The normalized spacial score (nSPS) is 26.8. The van der Waals surface area contributed by atoms with E-state index in [4.69, 9.17) is 4.74 Å². The summed E-state index contributed by atoms with van der Waals surface area (Å²) in [6, 6.07) is 15.7. The first-order valence-corrected chi connectivity index (χ1v) is 13.4. The number of hydrogen-bond acceptors (Lipinski definition) is 4. The molecule has 6 rings (SSSR count). The first-order chi connectivity index (χ1) is 17.1. The number of quaternary nitrogens is 1. The smallest absolute Gasteiger partial charge is 0.317 e. The molecule has 1 amide bonds. The molecule has 2 bridgehead atoms. The predicted molar refractivity (Wildman–Crippen MR) is 135 cm³/mol. The van der Waals surface area contributed by atoms with Crippen molar-refractivity contribution in [3.05, 3.63) is 66.0 Å². The first kappa shape index (κ1) is 26.8. The number of pyridine rings is 1. The highest BCUT2D eigenvalue weighted by molar-refractivity contribution is 5.92. The fourth-order valence-electron chi connectivity index (χ4n) is 6.61. The molecule has 6 nitrogen and oxygen atoms in total. The zero-order valence-corrected chi connectivity index (χ0v) is 22.6. The molecule has 3 aliphatic heterocycles. The second kappa shape index (κ2) is 11.9. The average Bonchev–Trinajstić information content (AvgIpc) is 3.17. The van der Waals surface area contributed by atoms with Gasteiger partial charge in [-0.25, -0.2) is 0 Å². The zero-order valence-electron chi connectivity index (χ0n) is 21.0. The van der Waals surface area contributed by atoms with Crippen LogP contribution in [0.3, 0.4) is 0 Å². The molecule has 2 aromatic rings. The van der Waals surface area contributed by atoms with E-state index in [2.05, 4.69) is 22.4 Å². The Labute approximate surface area is 225 Å². The summed E-state index contributed by atoms with van der Waals surface area (Å²) >= 11 is 0. The van der Waals surface area contributed by atoms with E-state index >= 15 is 0 Å². The van der Waals surface area contributed by atoms with E-state index in [1.165, 1.54) is 12.8 Å². The lowest BCUT2D eigenvalue weighted by atomic mass is 9.74. The molecular weight excluding hydrogens is 518 g/mol. The number of piperidine rings is 3. The van der Waals surface area contributed by atoms with E-state index in [0.29, 0.717) is 18.2 Å². The number of fused-ring (bicyclic) bond motifs is 3. The van der Waals surface area contributed by atoms with Crippen LogP contribution in [0, 0.1) is 5.92 Å². The van der Waals surface area contributed by atoms with Crippen molar-refractivity contribution in [2.24, 2.45) is 5.92 Å². The molecule has 1 unspecified atom stereocenters. The molecule has 4 aliphatic rings. The van der Waals surface area contributed by atoms with Crippen LogP contribution in [0.25, 0.3) is 0 Å². The number of rotatable bonds is 7. The van der Waals surface area contributed by atoms with Gasteiger partial charge >= 0.3 is 5.97 Å². The second-order valence-electron chi connectivity index (χ2n) is 10.8. The summed E-state index contributed by atoms with van der Waals surface area (Å²) in [5, 5.41) is 3.04. The Hall–Kier alpha value is -2.25. The van der Waals surface area contributed by atoms with E-state index in [1.807, 2.05) is 30.3 Å². The van der Waals surface area contributed by atoms with Gasteiger partial charge < -0.3 is 31.5 Å². The van der Waals surface area contributed by atoms with Crippen LogP contribution in [-0.4, -0.2) is 60.2 Å². The minimum atomic E-state index is -0.509. The Bertz CT molecular complexity index is 1000. The van der Waals surface area contributed by atoms with Gasteiger partial charge in [0.1, 0.15) is 12.2 Å². The summed E-state index contributed by atoms with van der Waals surface area (Å²) in [4.78, 5) is 30.5. The lowest BCUT2D eigenvalue weighted by Gasteiger charge is -2.52.